The number of thiophene rings is 1. The zero-order chi connectivity index (χ0) is 28.4. The van der Waals surface area contributed by atoms with E-state index >= 15 is 0 Å². The monoisotopic (exact) mass is 542 g/mol. The van der Waals surface area contributed by atoms with Gasteiger partial charge in [-0.3, -0.25) is 4.79 Å². The van der Waals surface area contributed by atoms with Gasteiger partial charge in [0.15, 0.2) is 5.78 Å². The number of benzene rings is 2. The summed E-state index contributed by atoms with van der Waals surface area (Å²) < 4.78 is 16.2. The van der Waals surface area contributed by atoms with Crippen molar-refractivity contribution in [1.82, 2.24) is 0 Å². The molecule has 0 saturated heterocycles. The molecular weight excluding hydrogens is 516 g/mol. The molecule has 0 aliphatic rings. The van der Waals surface area contributed by atoms with Gasteiger partial charge >= 0.3 is 11.9 Å². The lowest BCUT2D eigenvalue weighted by Crippen LogP contribution is -2.12. The highest BCUT2D eigenvalue weighted by Crippen LogP contribution is 2.31. The molecule has 2 aromatic carbocycles. The minimum atomic E-state index is -0.645. The second-order valence-electron chi connectivity index (χ2n) is 8.20. The number of nitrogens with zero attached hydrogens (tertiary/aromatic N) is 2. The number of nitriles is 2. The van der Waals surface area contributed by atoms with Crippen LogP contribution in [0.25, 0.3) is 6.08 Å². The highest BCUT2D eigenvalue weighted by molar-refractivity contribution is 7.14. The SMILES string of the molecule is CCOC(=O)c1sc(CC(=O)/C(C#N)=C/c2ccccc2OCc2ccc(C#N)cc2)c(C(=O)OCC)c1C. The molecule has 39 heavy (non-hydrogen) atoms. The summed E-state index contributed by atoms with van der Waals surface area (Å²) in [6.07, 6.45) is 1.17. The van der Waals surface area contributed by atoms with Crippen molar-refractivity contribution in [2.45, 2.75) is 33.8 Å². The highest BCUT2D eigenvalue weighted by atomic mass is 32.1. The van der Waals surface area contributed by atoms with Crippen LogP contribution in [0.15, 0.2) is 54.1 Å². The van der Waals surface area contributed by atoms with E-state index in [-0.39, 0.29) is 42.3 Å². The summed E-state index contributed by atoms with van der Waals surface area (Å²) in [5, 5.41) is 18.8. The van der Waals surface area contributed by atoms with Crippen molar-refractivity contribution in [2.75, 3.05) is 13.2 Å². The molecule has 0 unspecified atom stereocenters. The first kappa shape index (κ1) is 28.8. The summed E-state index contributed by atoms with van der Waals surface area (Å²) in [4.78, 5) is 38.9. The van der Waals surface area contributed by atoms with Gasteiger partial charge in [-0.15, -0.1) is 11.3 Å². The molecule has 198 valence electrons. The van der Waals surface area contributed by atoms with Gasteiger partial charge < -0.3 is 14.2 Å². The summed E-state index contributed by atoms with van der Waals surface area (Å²) in [6.45, 7) is 5.44. The van der Waals surface area contributed by atoms with E-state index in [1.165, 1.54) is 6.08 Å². The summed E-state index contributed by atoms with van der Waals surface area (Å²) >= 11 is 0.985. The van der Waals surface area contributed by atoms with Crippen LogP contribution in [0, 0.1) is 29.6 Å². The number of Topliss-reactive ketones (excluding diaryl/α,β-unsaturated/α-hetero) is 1. The molecule has 0 saturated carbocycles. The van der Waals surface area contributed by atoms with Crippen molar-refractivity contribution >= 4 is 35.1 Å². The first-order valence-corrected chi connectivity index (χ1v) is 13.0. The average molecular weight is 543 g/mol. The molecular formula is C30H26N2O6S. The summed E-state index contributed by atoms with van der Waals surface area (Å²) in [7, 11) is 0. The van der Waals surface area contributed by atoms with Crippen LogP contribution in [-0.4, -0.2) is 30.9 Å². The Kier molecular flexibility index (Phi) is 10.1. The van der Waals surface area contributed by atoms with Gasteiger partial charge in [0.1, 0.15) is 23.3 Å². The third-order valence-electron chi connectivity index (χ3n) is 5.60. The van der Waals surface area contributed by atoms with E-state index in [2.05, 4.69) is 6.07 Å². The molecule has 0 aliphatic carbocycles. The number of hydrogen-bond donors (Lipinski definition) is 0. The topological polar surface area (TPSA) is 126 Å². The molecule has 3 aromatic rings. The third kappa shape index (κ3) is 7.19. The number of ketones is 1. The van der Waals surface area contributed by atoms with Crippen LogP contribution in [0.1, 0.15) is 61.0 Å². The minimum absolute atomic E-state index is 0.124. The Balaban J connectivity index is 1.88. The molecule has 0 amide bonds. The van der Waals surface area contributed by atoms with Gasteiger partial charge in [-0.1, -0.05) is 30.3 Å². The Bertz CT molecular complexity index is 1490. The zero-order valence-corrected chi connectivity index (χ0v) is 22.6. The Morgan fingerprint density at radius 2 is 1.62 bits per heavy atom. The highest BCUT2D eigenvalue weighted by Gasteiger charge is 2.28. The molecule has 0 fully saturated rings. The molecule has 9 heteroatoms. The molecule has 0 bridgehead atoms. The fourth-order valence-electron chi connectivity index (χ4n) is 3.70. The molecule has 1 aromatic heterocycles. The van der Waals surface area contributed by atoms with Gasteiger partial charge in [0, 0.05) is 16.9 Å². The van der Waals surface area contributed by atoms with Crippen molar-refractivity contribution in [3.8, 4) is 17.9 Å². The van der Waals surface area contributed by atoms with E-state index in [9.17, 15) is 19.6 Å². The third-order valence-corrected chi connectivity index (χ3v) is 6.87. The standard InChI is InChI=1S/C30H26N2O6S/c1-4-36-29(34)27-19(3)28(30(35)37-5-2)39-26(27)15-24(33)23(17-32)14-22-8-6-7-9-25(22)38-18-21-12-10-20(16-31)11-13-21/h6-14H,4-5,15,18H2,1-3H3/b23-14+. The van der Waals surface area contributed by atoms with Gasteiger partial charge in [0.05, 0.1) is 36.0 Å². The van der Waals surface area contributed by atoms with Crippen LogP contribution in [0.4, 0.5) is 0 Å². The summed E-state index contributed by atoms with van der Waals surface area (Å²) in [5.74, 6) is -1.30. The lowest BCUT2D eigenvalue weighted by Gasteiger charge is -2.10. The van der Waals surface area contributed by atoms with Crippen LogP contribution in [-0.2, 0) is 27.3 Å². The van der Waals surface area contributed by atoms with E-state index in [1.54, 1.807) is 69.3 Å². The van der Waals surface area contributed by atoms with E-state index in [1.807, 2.05) is 6.07 Å². The van der Waals surface area contributed by atoms with Crippen LogP contribution in [0.5, 0.6) is 5.75 Å². The first-order chi connectivity index (χ1) is 18.8. The van der Waals surface area contributed by atoms with Gasteiger partial charge in [-0.05, 0) is 56.2 Å². The maximum absolute atomic E-state index is 13.2. The quantitative estimate of drug-likeness (QED) is 0.175. The van der Waals surface area contributed by atoms with Crippen molar-refractivity contribution in [2.24, 2.45) is 0 Å². The number of hydrogen-bond acceptors (Lipinski definition) is 9. The average Bonchev–Trinajstić information content (AvgIpc) is 3.26. The molecule has 0 atom stereocenters. The summed E-state index contributed by atoms with van der Waals surface area (Å²) in [5.41, 5.74) is 2.30. The molecule has 1 heterocycles. The lowest BCUT2D eigenvalue weighted by atomic mass is 10.0. The van der Waals surface area contributed by atoms with Gasteiger partial charge in [0.2, 0.25) is 0 Å². The number of allylic oxidation sites excluding steroid dienone is 1. The maximum atomic E-state index is 13.2. The fraction of sp³-hybridized carbons (Fsp3) is 0.233. The zero-order valence-electron chi connectivity index (χ0n) is 21.8. The molecule has 0 aliphatic heterocycles. The largest absolute Gasteiger partial charge is 0.488 e. The Hall–Kier alpha value is -4.73. The number of carbonyl (C=O) groups excluding carboxylic acids is 3. The number of para-hydroxylation sites is 1. The maximum Gasteiger partial charge on any atom is 0.348 e. The second kappa shape index (κ2) is 13.7. The molecule has 0 spiro atoms. The number of ether oxygens (including phenoxy) is 3. The molecule has 3 rings (SSSR count). The minimum Gasteiger partial charge on any atom is -0.488 e. The number of carbonyl (C=O) groups is 3. The normalized spacial score (nSPS) is 10.7. The Labute approximate surface area is 230 Å². The number of esters is 2. The van der Waals surface area contributed by atoms with Crippen molar-refractivity contribution in [3.63, 3.8) is 0 Å². The van der Waals surface area contributed by atoms with Crippen LogP contribution >= 0.6 is 11.3 Å². The van der Waals surface area contributed by atoms with Gasteiger partial charge in [-0.2, -0.15) is 10.5 Å². The van der Waals surface area contributed by atoms with Crippen LogP contribution in [0.2, 0.25) is 0 Å². The number of rotatable bonds is 11. The Morgan fingerprint density at radius 1 is 0.949 bits per heavy atom. The van der Waals surface area contributed by atoms with Gasteiger partial charge in [-0.25, -0.2) is 9.59 Å². The predicted molar refractivity (Wildman–Crippen MR) is 145 cm³/mol. The lowest BCUT2D eigenvalue weighted by molar-refractivity contribution is -0.114. The van der Waals surface area contributed by atoms with Crippen molar-refractivity contribution in [3.05, 3.63) is 91.7 Å². The molecule has 0 radical (unpaired) electrons. The summed E-state index contributed by atoms with van der Waals surface area (Å²) in [6, 6.07) is 18.0. The molecule has 8 nitrogen and oxygen atoms in total. The van der Waals surface area contributed by atoms with E-state index < -0.39 is 17.7 Å². The Morgan fingerprint density at radius 3 is 2.26 bits per heavy atom. The predicted octanol–water partition coefficient (Wildman–Crippen LogP) is 5.58. The fourth-order valence-corrected chi connectivity index (χ4v) is 4.88. The second-order valence-corrected chi connectivity index (χ2v) is 9.31. The first-order valence-electron chi connectivity index (χ1n) is 12.1. The van der Waals surface area contributed by atoms with E-state index in [0.29, 0.717) is 27.3 Å². The van der Waals surface area contributed by atoms with E-state index in [4.69, 9.17) is 19.5 Å². The van der Waals surface area contributed by atoms with Crippen molar-refractivity contribution in [1.29, 1.82) is 10.5 Å². The van der Waals surface area contributed by atoms with Crippen LogP contribution in [0.3, 0.4) is 0 Å². The van der Waals surface area contributed by atoms with Gasteiger partial charge in [0.25, 0.3) is 0 Å². The van der Waals surface area contributed by atoms with E-state index in [0.717, 1.165) is 16.9 Å². The van der Waals surface area contributed by atoms with Crippen molar-refractivity contribution < 1.29 is 28.6 Å². The van der Waals surface area contributed by atoms with Crippen LogP contribution < -0.4 is 4.74 Å². The smallest absolute Gasteiger partial charge is 0.348 e. The molecule has 0 N–H and O–H groups in total.